The summed E-state index contributed by atoms with van der Waals surface area (Å²) in [5, 5.41) is 2.96. The molecule has 0 atom stereocenters. The molecule has 0 unspecified atom stereocenters. The molecule has 1 heterocycles. The average molecular weight is 350 g/mol. The van der Waals surface area contributed by atoms with Crippen molar-refractivity contribution < 1.29 is 4.79 Å². The Morgan fingerprint density at radius 2 is 1.88 bits per heavy atom. The maximum atomic E-state index is 12.2. The fourth-order valence-electron chi connectivity index (χ4n) is 3.16. The van der Waals surface area contributed by atoms with Crippen LogP contribution in [-0.2, 0) is 11.2 Å². The van der Waals surface area contributed by atoms with Crippen LogP contribution in [0.5, 0.6) is 0 Å². The number of aromatic nitrogens is 2. The minimum atomic E-state index is -0.00517. The molecule has 0 fully saturated rings. The number of rotatable bonds is 7. The van der Waals surface area contributed by atoms with Gasteiger partial charge in [0, 0.05) is 36.8 Å². The van der Waals surface area contributed by atoms with Crippen molar-refractivity contribution in [3.8, 4) is 0 Å². The van der Waals surface area contributed by atoms with Crippen molar-refractivity contribution in [2.45, 2.75) is 39.7 Å². The van der Waals surface area contributed by atoms with E-state index in [1.165, 1.54) is 5.69 Å². The van der Waals surface area contributed by atoms with Gasteiger partial charge in [-0.3, -0.25) is 4.79 Å². The summed E-state index contributed by atoms with van der Waals surface area (Å²) in [6, 6.07) is 16.4. The number of benzene rings is 2. The monoisotopic (exact) mass is 350 g/mol. The van der Waals surface area contributed by atoms with Crippen LogP contribution in [0.2, 0.25) is 0 Å². The molecule has 0 radical (unpaired) electrons. The summed E-state index contributed by atoms with van der Waals surface area (Å²) in [6.45, 7) is 7.46. The van der Waals surface area contributed by atoms with Crippen molar-refractivity contribution in [1.82, 2.24) is 9.97 Å². The third kappa shape index (κ3) is 4.23. The standard InChI is InChI=1S/C21H26N4O/c1-4-25(15(2)3)17-11-9-16(10-12-17)22-21(26)14-13-20-23-18-7-5-6-8-19(18)24-20/h5-12,15H,4,13-14H2,1-3H3,(H,22,26)(H,23,24). The summed E-state index contributed by atoms with van der Waals surface area (Å²) in [5.41, 5.74) is 3.93. The van der Waals surface area contributed by atoms with Crippen molar-refractivity contribution in [2.75, 3.05) is 16.8 Å². The number of para-hydroxylation sites is 2. The lowest BCUT2D eigenvalue weighted by Crippen LogP contribution is -2.30. The number of hydrogen-bond acceptors (Lipinski definition) is 3. The molecule has 0 spiro atoms. The molecular formula is C21H26N4O. The molecule has 3 rings (SSSR count). The zero-order valence-corrected chi connectivity index (χ0v) is 15.6. The SMILES string of the molecule is CCN(c1ccc(NC(=O)CCc2nc3ccccc3[nH]2)cc1)C(C)C. The quantitative estimate of drug-likeness (QED) is 0.665. The number of hydrogen-bond donors (Lipinski definition) is 2. The van der Waals surface area contributed by atoms with Crippen molar-refractivity contribution in [2.24, 2.45) is 0 Å². The third-order valence-electron chi connectivity index (χ3n) is 4.47. The molecule has 5 nitrogen and oxygen atoms in total. The summed E-state index contributed by atoms with van der Waals surface area (Å²) >= 11 is 0. The Morgan fingerprint density at radius 1 is 1.15 bits per heavy atom. The average Bonchev–Trinajstić information content (AvgIpc) is 3.05. The molecule has 0 bridgehead atoms. The van der Waals surface area contributed by atoms with Crippen LogP contribution in [0.3, 0.4) is 0 Å². The van der Waals surface area contributed by atoms with Gasteiger partial charge in [-0.2, -0.15) is 0 Å². The number of nitrogens with one attached hydrogen (secondary N) is 2. The van der Waals surface area contributed by atoms with Gasteiger partial charge in [-0.1, -0.05) is 12.1 Å². The Hall–Kier alpha value is -2.82. The van der Waals surface area contributed by atoms with E-state index in [9.17, 15) is 4.79 Å². The van der Waals surface area contributed by atoms with Crippen LogP contribution in [0.1, 0.15) is 33.0 Å². The van der Waals surface area contributed by atoms with Gasteiger partial charge in [-0.05, 0) is 57.2 Å². The molecule has 0 aliphatic carbocycles. The predicted molar refractivity (Wildman–Crippen MR) is 108 cm³/mol. The van der Waals surface area contributed by atoms with E-state index >= 15 is 0 Å². The van der Waals surface area contributed by atoms with Crippen LogP contribution in [0.4, 0.5) is 11.4 Å². The first-order chi connectivity index (χ1) is 12.6. The summed E-state index contributed by atoms with van der Waals surface area (Å²) in [4.78, 5) is 22.3. The van der Waals surface area contributed by atoms with E-state index in [1.807, 2.05) is 36.4 Å². The van der Waals surface area contributed by atoms with Gasteiger partial charge in [0.25, 0.3) is 0 Å². The molecule has 136 valence electrons. The Balaban J connectivity index is 1.56. The summed E-state index contributed by atoms with van der Waals surface area (Å²) < 4.78 is 0. The number of fused-ring (bicyclic) bond motifs is 1. The number of carbonyl (C=O) groups is 1. The lowest BCUT2D eigenvalue weighted by atomic mass is 10.2. The molecule has 26 heavy (non-hydrogen) atoms. The van der Waals surface area contributed by atoms with E-state index in [4.69, 9.17) is 0 Å². The largest absolute Gasteiger partial charge is 0.369 e. The van der Waals surface area contributed by atoms with Crippen molar-refractivity contribution >= 4 is 28.3 Å². The smallest absolute Gasteiger partial charge is 0.224 e. The zero-order chi connectivity index (χ0) is 18.5. The molecule has 0 aliphatic rings. The van der Waals surface area contributed by atoms with Crippen LogP contribution in [0.25, 0.3) is 11.0 Å². The van der Waals surface area contributed by atoms with Gasteiger partial charge in [0.05, 0.1) is 11.0 Å². The second-order valence-corrected chi connectivity index (χ2v) is 6.68. The molecule has 3 aromatic rings. The maximum absolute atomic E-state index is 12.2. The molecule has 1 aromatic heterocycles. The summed E-state index contributed by atoms with van der Waals surface area (Å²) in [5.74, 6) is 0.835. The Bertz CT molecular complexity index is 834. The molecule has 0 aliphatic heterocycles. The van der Waals surface area contributed by atoms with Crippen molar-refractivity contribution in [1.29, 1.82) is 0 Å². The van der Waals surface area contributed by atoms with E-state index in [-0.39, 0.29) is 5.91 Å². The van der Waals surface area contributed by atoms with Gasteiger partial charge < -0.3 is 15.2 Å². The molecule has 2 N–H and O–H groups in total. The zero-order valence-electron chi connectivity index (χ0n) is 15.6. The first kappa shape index (κ1) is 18.0. The first-order valence-electron chi connectivity index (χ1n) is 9.17. The number of anilines is 2. The van der Waals surface area contributed by atoms with E-state index in [2.05, 4.69) is 53.1 Å². The van der Waals surface area contributed by atoms with Crippen LogP contribution < -0.4 is 10.2 Å². The lowest BCUT2D eigenvalue weighted by Gasteiger charge is -2.27. The normalized spacial score (nSPS) is 11.1. The molecule has 1 amide bonds. The lowest BCUT2D eigenvalue weighted by molar-refractivity contribution is -0.116. The van der Waals surface area contributed by atoms with Crippen LogP contribution in [-0.4, -0.2) is 28.5 Å². The Morgan fingerprint density at radius 3 is 2.54 bits per heavy atom. The number of aryl methyl sites for hydroxylation is 1. The highest BCUT2D eigenvalue weighted by atomic mass is 16.1. The minimum Gasteiger partial charge on any atom is -0.369 e. The van der Waals surface area contributed by atoms with E-state index in [0.29, 0.717) is 18.9 Å². The number of nitrogens with zero attached hydrogens (tertiary/aromatic N) is 2. The van der Waals surface area contributed by atoms with Gasteiger partial charge in [-0.15, -0.1) is 0 Å². The highest BCUT2D eigenvalue weighted by Gasteiger charge is 2.09. The van der Waals surface area contributed by atoms with E-state index in [1.54, 1.807) is 0 Å². The molecule has 0 saturated carbocycles. The number of carbonyl (C=O) groups excluding carboxylic acids is 1. The van der Waals surface area contributed by atoms with Gasteiger partial charge in [0.1, 0.15) is 5.82 Å². The molecular weight excluding hydrogens is 324 g/mol. The van der Waals surface area contributed by atoms with Gasteiger partial charge >= 0.3 is 0 Å². The molecule has 2 aromatic carbocycles. The maximum Gasteiger partial charge on any atom is 0.224 e. The highest BCUT2D eigenvalue weighted by Crippen LogP contribution is 2.20. The van der Waals surface area contributed by atoms with Crippen LogP contribution in [0, 0.1) is 0 Å². The number of aromatic amines is 1. The van der Waals surface area contributed by atoms with Crippen LogP contribution >= 0.6 is 0 Å². The summed E-state index contributed by atoms with van der Waals surface area (Å²) in [7, 11) is 0. The van der Waals surface area contributed by atoms with Gasteiger partial charge in [-0.25, -0.2) is 4.98 Å². The highest BCUT2D eigenvalue weighted by molar-refractivity contribution is 5.91. The first-order valence-corrected chi connectivity index (χ1v) is 9.17. The number of H-pyrrole nitrogens is 1. The fraction of sp³-hybridized carbons (Fsp3) is 0.333. The second kappa shape index (κ2) is 8.04. The minimum absolute atomic E-state index is 0.00517. The second-order valence-electron chi connectivity index (χ2n) is 6.68. The number of imidazole rings is 1. The van der Waals surface area contributed by atoms with Gasteiger partial charge in [0.15, 0.2) is 0 Å². The molecule has 0 saturated heterocycles. The summed E-state index contributed by atoms with van der Waals surface area (Å²) in [6.07, 6.45) is 0.990. The van der Waals surface area contributed by atoms with Crippen molar-refractivity contribution in [3.63, 3.8) is 0 Å². The molecule has 5 heteroatoms. The van der Waals surface area contributed by atoms with Crippen molar-refractivity contribution in [3.05, 3.63) is 54.4 Å². The Labute approximate surface area is 154 Å². The van der Waals surface area contributed by atoms with Crippen LogP contribution in [0.15, 0.2) is 48.5 Å². The number of amides is 1. The predicted octanol–water partition coefficient (Wildman–Crippen LogP) is 4.37. The van der Waals surface area contributed by atoms with E-state index in [0.717, 1.165) is 29.1 Å². The fourth-order valence-corrected chi connectivity index (χ4v) is 3.16. The Kier molecular flexibility index (Phi) is 5.56. The third-order valence-corrected chi connectivity index (χ3v) is 4.47. The topological polar surface area (TPSA) is 61.0 Å². The van der Waals surface area contributed by atoms with E-state index < -0.39 is 0 Å². The van der Waals surface area contributed by atoms with Gasteiger partial charge in [0.2, 0.25) is 5.91 Å².